The minimum atomic E-state index is -0.177. The van der Waals surface area contributed by atoms with Crippen molar-refractivity contribution in [1.29, 1.82) is 0 Å². The van der Waals surface area contributed by atoms with Crippen molar-refractivity contribution in [3.05, 3.63) is 4.88 Å². The van der Waals surface area contributed by atoms with Gasteiger partial charge in [-0.3, -0.25) is 4.79 Å². The van der Waals surface area contributed by atoms with E-state index in [0.29, 0.717) is 22.4 Å². The van der Waals surface area contributed by atoms with Crippen molar-refractivity contribution in [2.75, 3.05) is 45.0 Å². The van der Waals surface area contributed by atoms with Gasteiger partial charge < -0.3 is 25.4 Å². The van der Waals surface area contributed by atoms with Crippen molar-refractivity contribution in [3.63, 3.8) is 0 Å². The molecule has 1 saturated heterocycles. The van der Waals surface area contributed by atoms with Crippen molar-refractivity contribution in [3.8, 4) is 5.75 Å². The number of carbonyl (C=O) groups is 1. The Morgan fingerprint density at radius 2 is 2.05 bits per heavy atom. The molecule has 6 nitrogen and oxygen atoms in total. The number of hydrogen-bond donors (Lipinski definition) is 2. The molecule has 2 rings (SSSR count). The minimum absolute atomic E-state index is 0.177. The maximum absolute atomic E-state index is 11.8. The van der Waals surface area contributed by atoms with Gasteiger partial charge in [-0.15, -0.1) is 11.3 Å². The molecule has 3 N–H and O–H groups in total. The number of nitrogens with zero attached hydrogens (tertiary/aromatic N) is 1. The van der Waals surface area contributed by atoms with E-state index in [1.165, 1.54) is 11.3 Å². The van der Waals surface area contributed by atoms with E-state index in [9.17, 15) is 4.79 Å². The lowest BCUT2D eigenvalue weighted by molar-refractivity contribution is 0.0819. The molecule has 20 heavy (non-hydrogen) atoms. The second-order valence-corrected chi connectivity index (χ2v) is 5.68. The van der Waals surface area contributed by atoms with E-state index >= 15 is 0 Å². The molecule has 0 saturated carbocycles. The average Bonchev–Trinajstić information content (AvgIpc) is 2.83. The van der Waals surface area contributed by atoms with Crippen LogP contribution in [-0.2, 0) is 4.74 Å². The maximum Gasteiger partial charge on any atom is 0.263 e. The van der Waals surface area contributed by atoms with Gasteiger partial charge in [0.15, 0.2) is 5.75 Å². The molecule has 1 amide bonds. The fraction of sp³-hybridized carbons (Fsp3) is 0.615. The van der Waals surface area contributed by atoms with Gasteiger partial charge >= 0.3 is 0 Å². The van der Waals surface area contributed by atoms with Crippen LogP contribution in [0.25, 0.3) is 0 Å². The van der Waals surface area contributed by atoms with Gasteiger partial charge in [0, 0.05) is 27.2 Å². The molecule has 0 spiro atoms. The van der Waals surface area contributed by atoms with Gasteiger partial charge in [-0.25, -0.2) is 0 Å². The van der Waals surface area contributed by atoms with Crippen LogP contribution < -0.4 is 20.7 Å². The number of nitrogens with one attached hydrogen (secondary N) is 1. The quantitative estimate of drug-likeness (QED) is 0.876. The Hall–Kier alpha value is -1.47. The second-order valence-electron chi connectivity index (χ2n) is 4.68. The Morgan fingerprint density at radius 3 is 2.55 bits per heavy atom. The highest BCUT2D eigenvalue weighted by Crippen LogP contribution is 2.45. The SMILES string of the molecule is CNC(=O)c1sc(N2CCC(OC)CC2)c(OC)c1N. The molecule has 7 heteroatoms. The lowest BCUT2D eigenvalue weighted by Crippen LogP contribution is -2.36. The van der Waals surface area contributed by atoms with Crippen molar-refractivity contribution >= 4 is 27.9 Å². The van der Waals surface area contributed by atoms with E-state index in [1.807, 2.05) is 0 Å². The molecular weight excluding hydrogens is 278 g/mol. The first-order valence-corrected chi connectivity index (χ1v) is 7.40. The Morgan fingerprint density at radius 1 is 1.40 bits per heavy atom. The van der Waals surface area contributed by atoms with Gasteiger partial charge in [-0.1, -0.05) is 0 Å². The standard InChI is InChI=1S/C13H21N3O3S/c1-15-12(17)11-9(14)10(19-3)13(20-11)16-6-4-8(18-2)5-7-16/h8H,4-7,14H2,1-3H3,(H,15,17). The normalized spacial score (nSPS) is 16.2. The van der Waals surface area contributed by atoms with Crippen LogP contribution >= 0.6 is 11.3 Å². The second kappa shape index (κ2) is 6.32. The third-order valence-corrected chi connectivity index (χ3v) is 4.83. The summed E-state index contributed by atoms with van der Waals surface area (Å²) in [6.07, 6.45) is 2.24. The Labute approximate surface area is 122 Å². The molecule has 0 atom stereocenters. The smallest absolute Gasteiger partial charge is 0.263 e. The number of rotatable bonds is 4. The van der Waals surface area contributed by atoms with Crippen LogP contribution in [-0.4, -0.2) is 46.4 Å². The number of ether oxygens (including phenoxy) is 2. The van der Waals surface area contributed by atoms with Crippen LogP contribution in [0.1, 0.15) is 22.5 Å². The van der Waals surface area contributed by atoms with Gasteiger partial charge in [0.05, 0.1) is 13.2 Å². The largest absolute Gasteiger partial charge is 0.492 e. The van der Waals surface area contributed by atoms with Crippen molar-refractivity contribution in [2.45, 2.75) is 18.9 Å². The molecule has 1 fully saturated rings. The summed E-state index contributed by atoms with van der Waals surface area (Å²) in [5.41, 5.74) is 6.44. The van der Waals surface area contributed by atoms with Gasteiger partial charge in [0.25, 0.3) is 5.91 Å². The maximum atomic E-state index is 11.8. The van der Waals surface area contributed by atoms with E-state index < -0.39 is 0 Å². The highest BCUT2D eigenvalue weighted by molar-refractivity contribution is 7.19. The summed E-state index contributed by atoms with van der Waals surface area (Å²) in [4.78, 5) is 14.5. The number of nitrogens with two attached hydrogens (primary N) is 1. The van der Waals surface area contributed by atoms with E-state index in [1.54, 1.807) is 21.3 Å². The number of carbonyl (C=O) groups excluding carboxylic acids is 1. The van der Waals surface area contributed by atoms with Crippen LogP contribution in [0.5, 0.6) is 5.75 Å². The van der Waals surface area contributed by atoms with Gasteiger partial charge in [-0.05, 0) is 12.8 Å². The lowest BCUT2D eigenvalue weighted by Gasteiger charge is -2.32. The predicted molar refractivity (Wildman–Crippen MR) is 80.9 cm³/mol. The third-order valence-electron chi connectivity index (χ3n) is 3.58. The summed E-state index contributed by atoms with van der Waals surface area (Å²) in [5, 5.41) is 3.53. The topological polar surface area (TPSA) is 76.8 Å². The highest BCUT2D eigenvalue weighted by Gasteiger charge is 2.27. The fourth-order valence-corrected chi connectivity index (χ4v) is 3.59. The molecule has 2 heterocycles. The summed E-state index contributed by atoms with van der Waals surface area (Å²) in [5.74, 6) is 0.424. The number of nitrogen functional groups attached to an aromatic ring is 1. The zero-order chi connectivity index (χ0) is 14.7. The first-order chi connectivity index (χ1) is 9.62. The molecule has 1 aliphatic rings. The summed E-state index contributed by atoms with van der Waals surface area (Å²) >= 11 is 1.38. The minimum Gasteiger partial charge on any atom is -0.492 e. The molecule has 1 aromatic rings. The van der Waals surface area contributed by atoms with E-state index in [0.717, 1.165) is 30.9 Å². The third kappa shape index (κ3) is 2.69. The first kappa shape index (κ1) is 14.9. The summed E-state index contributed by atoms with van der Waals surface area (Å²) in [6.45, 7) is 1.75. The van der Waals surface area contributed by atoms with E-state index in [2.05, 4.69) is 10.2 Å². The number of amides is 1. The molecule has 112 valence electrons. The van der Waals surface area contributed by atoms with E-state index in [4.69, 9.17) is 15.2 Å². The fourth-order valence-electron chi connectivity index (χ4n) is 2.40. The number of anilines is 2. The summed E-state index contributed by atoms with van der Waals surface area (Å²) in [6, 6.07) is 0. The lowest BCUT2D eigenvalue weighted by atomic mass is 10.1. The van der Waals surface area contributed by atoms with Gasteiger partial charge in [0.1, 0.15) is 15.6 Å². The van der Waals surface area contributed by atoms with Crippen molar-refractivity contribution < 1.29 is 14.3 Å². The van der Waals surface area contributed by atoms with Crippen LogP contribution in [0.2, 0.25) is 0 Å². The summed E-state index contributed by atoms with van der Waals surface area (Å²) in [7, 11) is 4.92. The van der Waals surface area contributed by atoms with Crippen LogP contribution in [0.4, 0.5) is 10.7 Å². The molecule has 0 radical (unpaired) electrons. The molecular formula is C13H21N3O3S. The number of piperidine rings is 1. The molecule has 0 aliphatic carbocycles. The van der Waals surface area contributed by atoms with Crippen LogP contribution in [0, 0.1) is 0 Å². The zero-order valence-corrected chi connectivity index (χ0v) is 12.9. The Bertz CT molecular complexity index is 481. The Balaban J connectivity index is 2.25. The molecule has 1 aromatic heterocycles. The monoisotopic (exact) mass is 299 g/mol. The van der Waals surface area contributed by atoms with Crippen LogP contribution in [0.15, 0.2) is 0 Å². The molecule has 0 aromatic carbocycles. The van der Waals surface area contributed by atoms with Crippen molar-refractivity contribution in [2.24, 2.45) is 0 Å². The van der Waals surface area contributed by atoms with Gasteiger partial charge in [-0.2, -0.15) is 0 Å². The molecule has 0 unspecified atom stereocenters. The van der Waals surface area contributed by atoms with Crippen molar-refractivity contribution in [1.82, 2.24) is 5.32 Å². The predicted octanol–water partition coefficient (Wildman–Crippen LogP) is 1.31. The van der Waals surface area contributed by atoms with E-state index in [-0.39, 0.29) is 5.91 Å². The highest BCUT2D eigenvalue weighted by atomic mass is 32.1. The summed E-state index contributed by atoms with van der Waals surface area (Å²) < 4.78 is 10.8. The average molecular weight is 299 g/mol. The zero-order valence-electron chi connectivity index (χ0n) is 12.1. The van der Waals surface area contributed by atoms with Gasteiger partial charge in [0.2, 0.25) is 0 Å². The molecule has 1 aliphatic heterocycles. The Kier molecular flexibility index (Phi) is 4.72. The number of thiophene rings is 1. The number of hydrogen-bond acceptors (Lipinski definition) is 6. The number of methoxy groups -OCH3 is 2. The molecule has 0 bridgehead atoms. The van der Waals surface area contributed by atoms with Crippen LogP contribution in [0.3, 0.4) is 0 Å². The first-order valence-electron chi connectivity index (χ1n) is 6.58.